The summed E-state index contributed by atoms with van der Waals surface area (Å²) in [5, 5.41) is 8.10. The Morgan fingerprint density at radius 2 is 2.04 bits per heavy atom. The number of carbonyl (C=O) groups excluding carboxylic acids is 2. The second-order valence-electron chi connectivity index (χ2n) is 5.98. The van der Waals surface area contributed by atoms with Gasteiger partial charge in [0.25, 0.3) is 0 Å². The summed E-state index contributed by atoms with van der Waals surface area (Å²) in [6.45, 7) is 0.542. The summed E-state index contributed by atoms with van der Waals surface area (Å²) in [4.78, 5) is 28.6. The van der Waals surface area contributed by atoms with Crippen molar-refractivity contribution in [3.63, 3.8) is 0 Å². The Bertz CT molecular complexity index is 983. The minimum atomic E-state index is -0.552. The van der Waals surface area contributed by atoms with Crippen molar-refractivity contribution in [2.75, 3.05) is 11.9 Å². The quantitative estimate of drug-likeness (QED) is 0.674. The highest BCUT2D eigenvalue weighted by Crippen LogP contribution is 2.28. The van der Waals surface area contributed by atoms with E-state index in [-0.39, 0.29) is 11.7 Å². The van der Waals surface area contributed by atoms with E-state index in [1.54, 1.807) is 28.8 Å². The first kappa shape index (κ1) is 16.1. The number of benzene rings is 1. The monoisotopic (exact) mass is 353 g/mol. The lowest BCUT2D eigenvalue weighted by atomic mass is 10.1. The Hall–Kier alpha value is -3.42. The van der Waals surface area contributed by atoms with Crippen LogP contribution in [-0.2, 0) is 4.79 Å². The average molecular weight is 353 g/mol. The van der Waals surface area contributed by atoms with Crippen LogP contribution in [0.5, 0.6) is 0 Å². The summed E-state index contributed by atoms with van der Waals surface area (Å²) in [6.07, 6.45) is 2.32. The number of urea groups is 1. The number of hydrogen-bond acceptors (Lipinski definition) is 3. The van der Waals surface area contributed by atoms with Crippen LogP contribution in [0.15, 0.2) is 48.7 Å². The summed E-state index contributed by atoms with van der Waals surface area (Å²) >= 11 is 0. The third-order valence-electron chi connectivity index (χ3n) is 4.23. The highest BCUT2D eigenvalue weighted by molar-refractivity contribution is 5.96. The Morgan fingerprint density at radius 3 is 2.77 bits per heavy atom. The molecule has 132 valence electrons. The fourth-order valence-corrected chi connectivity index (χ4v) is 2.96. The minimum Gasteiger partial charge on any atom is -0.354 e. The van der Waals surface area contributed by atoms with E-state index in [4.69, 9.17) is 0 Å². The van der Waals surface area contributed by atoms with Gasteiger partial charge in [-0.2, -0.15) is 0 Å². The van der Waals surface area contributed by atoms with Gasteiger partial charge in [-0.3, -0.25) is 14.5 Å². The van der Waals surface area contributed by atoms with Crippen molar-refractivity contribution in [3.8, 4) is 11.3 Å². The number of hydrogen-bond donors (Lipinski definition) is 3. The van der Waals surface area contributed by atoms with Crippen LogP contribution >= 0.6 is 0 Å². The number of pyridine rings is 1. The zero-order chi connectivity index (χ0) is 18.1. The van der Waals surface area contributed by atoms with Crippen molar-refractivity contribution >= 4 is 23.4 Å². The van der Waals surface area contributed by atoms with Gasteiger partial charge in [0.15, 0.2) is 0 Å². The molecule has 1 aromatic carbocycles. The van der Waals surface area contributed by atoms with E-state index in [9.17, 15) is 14.0 Å². The summed E-state index contributed by atoms with van der Waals surface area (Å²) in [6, 6.07) is 10.3. The number of halogens is 1. The molecular weight excluding hydrogens is 337 g/mol. The number of imidazole rings is 1. The number of nitrogens with one attached hydrogen (secondary N) is 3. The van der Waals surface area contributed by atoms with Gasteiger partial charge in [-0.25, -0.2) is 14.2 Å². The fraction of sp³-hybridized carbons (Fsp3) is 0.167. The number of anilines is 1. The van der Waals surface area contributed by atoms with Crippen molar-refractivity contribution in [2.24, 2.45) is 0 Å². The second kappa shape index (κ2) is 6.47. The molecule has 8 heteroatoms. The highest BCUT2D eigenvalue weighted by atomic mass is 19.1. The van der Waals surface area contributed by atoms with Crippen LogP contribution in [0, 0.1) is 5.82 Å². The Labute approximate surface area is 148 Å². The summed E-state index contributed by atoms with van der Waals surface area (Å²) in [7, 11) is 0. The van der Waals surface area contributed by atoms with Crippen molar-refractivity contribution in [3.05, 3.63) is 54.5 Å². The van der Waals surface area contributed by atoms with Crippen molar-refractivity contribution in [2.45, 2.75) is 12.5 Å². The van der Waals surface area contributed by atoms with Gasteiger partial charge in [-0.1, -0.05) is 6.07 Å². The molecule has 0 bridgehead atoms. The van der Waals surface area contributed by atoms with E-state index < -0.39 is 12.1 Å². The van der Waals surface area contributed by atoms with E-state index in [0.717, 1.165) is 0 Å². The molecule has 1 aliphatic heterocycles. The zero-order valence-corrected chi connectivity index (χ0v) is 13.7. The lowest BCUT2D eigenvalue weighted by molar-refractivity contribution is -0.120. The van der Waals surface area contributed by atoms with E-state index in [0.29, 0.717) is 35.7 Å². The highest BCUT2D eigenvalue weighted by Gasteiger charge is 2.26. The molecule has 1 saturated heterocycles. The number of rotatable bonds is 3. The molecule has 3 heterocycles. The summed E-state index contributed by atoms with van der Waals surface area (Å²) < 4.78 is 15.0. The third-order valence-corrected chi connectivity index (χ3v) is 4.23. The van der Waals surface area contributed by atoms with E-state index in [2.05, 4.69) is 20.9 Å². The van der Waals surface area contributed by atoms with Gasteiger partial charge in [0, 0.05) is 18.3 Å². The minimum absolute atomic E-state index is 0.197. The fourth-order valence-electron chi connectivity index (χ4n) is 2.96. The first-order valence-corrected chi connectivity index (χ1v) is 8.20. The number of fused-ring (bicyclic) bond motifs is 1. The number of nitrogens with zero attached hydrogens (tertiary/aromatic N) is 2. The van der Waals surface area contributed by atoms with Gasteiger partial charge < -0.3 is 10.6 Å². The van der Waals surface area contributed by atoms with Gasteiger partial charge in [0.05, 0.1) is 0 Å². The topological polar surface area (TPSA) is 87.5 Å². The van der Waals surface area contributed by atoms with Crippen LogP contribution in [0.2, 0.25) is 0 Å². The summed E-state index contributed by atoms with van der Waals surface area (Å²) in [5.74, 6) is -0.0998. The smallest absolute Gasteiger partial charge is 0.321 e. The standard InChI is InChI=1S/C18H16FN5O2/c19-12-6-4-11(5-7-12)15-16(24-10-2-1-3-14(24)22-15)23-18(26)21-13-8-9-20-17(13)25/h1-7,10,13H,8-9H2,(H,20,25)(H2,21,23,26). The molecule has 0 aliphatic carbocycles. The molecule has 1 unspecified atom stereocenters. The van der Waals surface area contributed by atoms with E-state index >= 15 is 0 Å². The van der Waals surface area contributed by atoms with Gasteiger partial charge in [-0.05, 0) is 42.8 Å². The van der Waals surface area contributed by atoms with Crippen molar-refractivity contribution in [1.82, 2.24) is 20.0 Å². The Balaban J connectivity index is 1.68. The predicted octanol–water partition coefficient (Wildman–Crippen LogP) is 2.15. The molecule has 0 radical (unpaired) electrons. The van der Waals surface area contributed by atoms with Gasteiger partial charge in [0.2, 0.25) is 5.91 Å². The first-order chi connectivity index (χ1) is 12.6. The average Bonchev–Trinajstić information content (AvgIpc) is 3.20. The van der Waals surface area contributed by atoms with Crippen LogP contribution in [0.25, 0.3) is 16.9 Å². The van der Waals surface area contributed by atoms with Crippen LogP contribution < -0.4 is 16.0 Å². The maximum Gasteiger partial charge on any atom is 0.321 e. The zero-order valence-electron chi connectivity index (χ0n) is 13.7. The molecule has 1 atom stereocenters. The lowest BCUT2D eigenvalue weighted by Gasteiger charge is -2.12. The summed E-state index contributed by atoms with van der Waals surface area (Å²) in [5.41, 5.74) is 1.83. The van der Waals surface area contributed by atoms with Gasteiger partial charge in [-0.15, -0.1) is 0 Å². The molecule has 0 saturated carbocycles. The molecule has 4 rings (SSSR count). The Kier molecular flexibility index (Phi) is 4.00. The SMILES string of the molecule is O=C(Nc1c(-c2ccc(F)cc2)nc2ccccn12)NC1CCNC1=O. The molecule has 26 heavy (non-hydrogen) atoms. The molecular formula is C18H16FN5O2. The van der Waals surface area contributed by atoms with Crippen LogP contribution in [-0.4, -0.2) is 33.9 Å². The maximum absolute atomic E-state index is 13.2. The van der Waals surface area contributed by atoms with Crippen LogP contribution in [0.3, 0.4) is 0 Å². The van der Waals surface area contributed by atoms with Crippen LogP contribution in [0.4, 0.5) is 15.0 Å². The molecule has 3 N–H and O–H groups in total. The first-order valence-electron chi connectivity index (χ1n) is 8.20. The van der Waals surface area contributed by atoms with Crippen molar-refractivity contribution < 1.29 is 14.0 Å². The molecule has 1 fully saturated rings. The molecule has 3 amide bonds. The Morgan fingerprint density at radius 1 is 1.23 bits per heavy atom. The normalized spacial score (nSPS) is 16.5. The molecule has 0 spiro atoms. The molecule has 7 nitrogen and oxygen atoms in total. The number of carbonyl (C=O) groups is 2. The lowest BCUT2D eigenvalue weighted by Crippen LogP contribution is -2.42. The second-order valence-corrected chi connectivity index (χ2v) is 5.98. The van der Waals surface area contributed by atoms with Gasteiger partial charge in [0.1, 0.15) is 29.0 Å². The predicted molar refractivity (Wildman–Crippen MR) is 94.2 cm³/mol. The number of amides is 3. The van der Waals surface area contributed by atoms with E-state index in [1.165, 1.54) is 12.1 Å². The molecule has 1 aliphatic rings. The molecule has 3 aromatic rings. The maximum atomic E-state index is 13.2. The number of aromatic nitrogens is 2. The van der Waals surface area contributed by atoms with Crippen molar-refractivity contribution in [1.29, 1.82) is 0 Å². The van der Waals surface area contributed by atoms with Crippen LogP contribution in [0.1, 0.15) is 6.42 Å². The largest absolute Gasteiger partial charge is 0.354 e. The van der Waals surface area contributed by atoms with E-state index in [1.807, 2.05) is 12.1 Å². The van der Waals surface area contributed by atoms with Gasteiger partial charge >= 0.3 is 6.03 Å². The molecule has 2 aromatic heterocycles. The third kappa shape index (κ3) is 2.97.